The molecule has 0 aliphatic rings. The minimum absolute atomic E-state index is 0.487. The Morgan fingerprint density at radius 1 is 1.27 bits per heavy atom. The highest BCUT2D eigenvalue weighted by molar-refractivity contribution is 7.17. The van der Waals surface area contributed by atoms with Gasteiger partial charge in [0.15, 0.2) is 5.82 Å². The topological polar surface area (TPSA) is 68.1 Å². The van der Waals surface area contributed by atoms with E-state index < -0.39 is 0 Å². The fourth-order valence-electron chi connectivity index (χ4n) is 2.18. The van der Waals surface area contributed by atoms with Crippen molar-refractivity contribution in [1.82, 2.24) is 15.3 Å². The molecule has 0 amide bonds. The van der Waals surface area contributed by atoms with Crippen LogP contribution in [0.5, 0.6) is 0 Å². The first-order valence-corrected chi connectivity index (χ1v) is 8.24. The van der Waals surface area contributed by atoms with Gasteiger partial charge in [-0.05, 0) is 31.5 Å². The lowest BCUT2D eigenvalue weighted by atomic mass is 10.3. The molecule has 2 heterocycles. The Bertz CT molecular complexity index is 647. The standard InChI is InChI=1S/C15H22N6S/c1-17-8-5-10-21(3)15-18-12-6-11-22-13(12)14(19-15)20(2)9-4-7-16/h6,11,17H,4-5,8-10H2,1-3H3. The molecule has 22 heavy (non-hydrogen) atoms. The molecule has 0 unspecified atom stereocenters. The third kappa shape index (κ3) is 3.84. The van der Waals surface area contributed by atoms with Crippen LogP contribution in [0.25, 0.3) is 10.2 Å². The van der Waals surface area contributed by atoms with Gasteiger partial charge >= 0.3 is 0 Å². The largest absolute Gasteiger partial charge is 0.357 e. The maximum absolute atomic E-state index is 8.78. The summed E-state index contributed by atoms with van der Waals surface area (Å²) in [7, 11) is 5.95. The summed E-state index contributed by atoms with van der Waals surface area (Å²) in [6, 6.07) is 4.21. The Hall–Kier alpha value is -1.91. The highest BCUT2D eigenvalue weighted by Crippen LogP contribution is 2.30. The zero-order valence-electron chi connectivity index (χ0n) is 13.3. The van der Waals surface area contributed by atoms with Gasteiger partial charge in [0.05, 0.1) is 22.7 Å². The van der Waals surface area contributed by atoms with Crippen molar-refractivity contribution in [2.45, 2.75) is 12.8 Å². The average molecular weight is 318 g/mol. The van der Waals surface area contributed by atoms with Crippen LogP contribution >= 0.6 is 11.3 Å². The second-order valence-corrected chi connectivity index (χ2v) is 6.11. The zero-order valence-corrected chi connectivity index (χ0v) is 14.2. The molecule has 0 saturated heterocycles. The lowest BCUT2D eigenvalue weighted by Gasteiger charge is -2.21. The fourth-order valence-corrected chi connectivity index (χ4v) is 3.06. The summed E-state index contributed by atoms with van der Waals surface area (Å²) in [6.45, 7) is 2.54. The van der Waals surface area contributed by atoms with Crippen LogP contribution in [0, 0.1) is 11.3 Å². The lowest BCUT2D eigenvalue weighted by molar-refractivity contribution is 0.704. The van der Waals surface area contributed by atoms with Crippen molar-refractivity contribution in [1.29, 1.82) is 5.26 Å². The maximum atomic E-state index is 8.78. The van der Waals surface area contributed by atoms with Crippen molar-refractivity contribution in [3.05, 3.63) is 11.4 Å². The van der Waals surface area contributed by atoms with E-state index >= 15 is 0 Å². The van der Waals surface area contributed by atoms with E-state index in [9.17, 15) is 0 Å². The minimum Gasteiger partial charge on any atom is -0.357 e. The molecule has 0 bridgehead atoms. The number of thiophene rings is 1. The smallest absolute Gasteiger partial charge is 0.227 e. The van der Waals surface area contributed by atoms with Gasteiger partial charge < -0.3 is 15.1 Å². The number of fused-ring (bicyclic) bond motifs is 1. The van der Waals surface area contributed by atoms with Crippen LogP contribution in [-0.2, 0) is 0 Å². The van der Waals surface area contributed by atoms with E-state index in [-0.39, 0.29) is 0 Å². The lowest BCUT2D eigenvalue weighted by Crippen LogP contribution is -2.26. The summed E-state index contributed by atoms with van der Waals surface area (Å²) in [5, 5.41) is 14.0. The van der Waals surface area contributed by atoms with Crippen molar-refractivity contribution in [2.24, 2.45) is 0 Å². The van der Waals surface area contributed by atoms with E-state index in [1.165, 1.54) is 0 Å². The monoisotopic (exact) mass is 318 g/mol. The van der Waals surface area contributed by atoms with Gasteiger partial charge in [-0.1, -0.05) is 0 Å². The molecule has 2 aromatic heterocycles. The fraction of sp³-hybridized carbons (Fsp3) is 0.533. The summed E-state index contributed by atoms with van der Waals surface area (Å²) in [5.41, 5.74) is 0.967. The molecule has 0 spiro atoms. The van der Waals surface area contributed by atoms with Gasteiger partial charge in [0.25, 0.3) is 0 Å². The van der Waals surface area contributed by atoms with Gasteiger partial charge in [0.2, 0.25) is 5.95 Å². The van der Waals surface area contributed by atoms with Crippen molar-refractivity contribution >= 4 is 33.3 Å². The molecule has 7 heteroatoms. The average Bonchev–Trinajstić information content (AvgIpc) is 3.00. The van der Waals surface area contributed by atoms with Crippen LogP contribution in [0.3, 0.4) is 0 Å². The number of hydrogen-bond acceptors (Lipinski definition) is 7. The third-order valence-corrected chi connectivity index (χ3v) is 4.36. The number of rotatable bonds is 8. The first-order chi connectivity index (χ1) is 10.7. The molecule has 0 radical (unpaired) electrons. The number of aromatic nitrogens is 2. The van der Waals surface area contributed by atoms with Crippen LogP contribution < -0.4 is 15.1 Å². The summed E-state index contributed by atoms with van der Waals surface area (Å²) < 4.78 is 1.08. The van der Waals surface area contributed by atoms with E-state index in [2.05, 4.69) is 21.3 Å². The maximum Gasteiger partial charge on any atom is 0.227 e. The molecule has 0 fully saturated rings. The summed E-state index contributed by atoms with van der Waals surface area (Å²) >= 11 is 1.64. The van der Waals surface area contributed by atoms with Crippen molar-refractivity contribution in [2.75, 3.05) is 50.6 Å². The van der Waals surface area contributed by atoms with Gasteiger partial charge in [-0.15, -0.1) is 11.3 Å². The molecule has 0 aliphatic heterocycles. The van der Waals surface area contributed by atoms with Crippen molar-refractivity contribution in [3.63, 3.8) is 0 Å². The van der Waals surface area contributed by atoms with Gasteiger partial charge in [-0.3, -0.25) is 0 Å². The minimum atomic E-state index is 0.487. The first kappa shape index (κ1) is 16.5. The summed E-state index contributed by atoms with van der Waals surface area (Å²) in [6.07, 6.45) is 1.53. The number of hydrogen-bond donors (Lipinski definition) is 1. The number of nitrogens with one attached hydrogen (secondary N) is 1. The molecule has 2 rings (SSSR count). The Balaban J connectivity index is 2.26. The highest BCUT2D eigenvalue weighted by atomic mass is 32.1. The van der Waals surface area contributed by atoms with Gasteiger partial charge in [0, 0.05) is 27.2 Å². The molecule has 118 valence electrons. The second-order valence-electron chi connectivity index (χ2n) is 5.19. The molecule has 1 N–H and O–H groups in total. The molecule has 6 nitrogen and oxygen atoms in total. The van der Waals surface area contributed by atoms with E-state index in [0.29, 0.717) is 13.0 Å². The van der Waals surface area contributed by atoms with Crippen LogP contribution in [0.15, 0.2) is 11.4 Å². The number of nitrogens with zero attached hydrogens (tertiary/aromatic N) is 5. The van der Waals surface area contributed by atoms with Crippen LogP contribution in [0.1, 0.15) is 12.8 Å². The predicted octanol–water partition coefficient (Wildman–Crippen LogP) is 2.09. The normalized spacial score (nSPS) is 10.6. The molecule has 0 aliphatic carbocycles. The second kappa shape index (κ2) is 7.92. The van der Waals surface area contributed by atoms with E-state index in [0.717, 1.165) is 41.5 Å². The predicted molar refractivity (Wildman–Crippen MR) is 92.7 cm³/mol. The zero-order chi connectivity index (χ0) is 15.9. The molecular weight excluding hydrogens is 296 g/mol. The molecule has 0 atom stereocenters. The quantitative estimate of drug-likeness (QED) is 0.752. The summed E-state index contributed by atoms with van der Waals surface area (Å²) in [4.78, 5) is 13.5. The molecule has 0 saturated carbocycles. The molecular formula is C15H22N6S. The van der Waals surface area contributed by atoms with Crippen molar-refractivity contribution in [3.8, 4) is 6.07 Å². The van der Waals surface area contributed by atoms with Gasteiger partial charge in [-0.2, -0.15) is 10.2 Å². The van der Waals surface area contributed by atoms with Gasteiger partial charge in [-0.25, -0.2) is 4.98 Å². The number of anilines is 2. The van der Waals surface area contributed by atoms with Crippen LogP contribution in [0.2, 0.25) is 0 Å². The first-order valence-electron chi connectivity index (χ1n) is 7.36. The highest BCUT2D eigenvalue weighted by Gasteiger charge is 2.14. The van der Waals surface area contributed by atoms with Crippen LogP contribution in [0.4, 0.5) is 11.8 Å². The Morgan fingerprint density at radius 2 is 2.09 bits per heavy atom. The SMILES string of the molecule is CNCCCN(C)c1nc(N(C)CCC#N)c2sccc2n1. The Labute approximate surface area is 135 Å². The number of nitriles is 1. The molecule has 2 aromatic rings. The van der Waals surface area contributed by atoms with E-state index in [1.54, 1.807) is 11.3 Å². The third-order valence-electron chi connectivity index (χ3n) is 3.46. The van der Waals surface area contributed by atoms with Crippen LogP contribution in [-0.4, -0.2) is 50.7 Å². The Kier molecular flexibility index (Phi) is 5.92. The van der Waals surface area contributed by atoms with E-state index in [4.69, 9.17) is 10.2 Å². The molecule has 0 aromatic carbocycles. The van der Waals surface area contributed by atoms with Gasteiger partial charge in [0.1, 0.15) is 0 Å². The van der Waals surface area contributed by atoms with E-state index in [1.807, 2.05) is 37.5 Å². The summed E-state index contributed by atoms with van der Waals surface area (Å²) in [5.74, 6) is 1.64. The Morgan fingerprint density at radius 3 is 2.82 bits per heavy atom. The van der Waals surface area contributed by atoms with Crippen molar-refractivity contribution < 1.29 is 0 Å².